The van der Waals surface area contributed by atoms with Crippen molar-refractivity contribution in [3.05, 3.63) is 71.5 Å². The highest BCUT2D eigenvalue weighted by Crippen LogP contribution is 2.22. The number of carbonyl (C=O) groups is 2. The number of para-hydroxylation sites is 2. The third kappa shape index (κ3) is 4.23. The lowest BCUT2D eigenvalue weighted by Crippen LogP contribution is -2.03. The van der Waals surface area contributed by atoms with Crippen LogP contribution < -0.4 is 0 Å². The number of aromatic nitrogens is 2. The molecule has 144 valence electrons. The van der Waals surface area contributed by atoms with Gasteiger partial charge >= 0.3 is 11.9 Å². The summed E-state index contributed by atoms with van der Waals surface area (Å²) in [5, 5.41) is 10.8. The third-order valence-corrected chi connectivity index (χ3v) is 4.59. The standard InChI is InChI=1S/2C11H11NO2/c1-14-11(13)6-8-7-12-10-5-3-2-4-9(8)10;1-7-9(6-11(13)14)8-4-2-3-5-10(8)12-7/h2-5,7,12H,6H2,1H3;2-5,12H,6H2,1H3,(H,13,14). The monoisotopic (exact) mass is 378 g/mol. The molecule has 3 N–H and O–H groups in total. The molecular weight excluding hydrogens is 356 g/mol. The zero-order valence-electron chi connectivity index (χ0n) is 15.8. The fourth-order valence-corrected chi connectivity index (χ4v) is 3.22. The van der Waals surface area contributed by atoms with Crippen molar-refractivity contribution in [3.63, 3.8) is 0 Å². The first-order valence-electron chi connectivity index (χ1n) is 8.89. The van der Waals surface area contributed by atoms with Crippen molar-refractivity contribution < 1.29 is 19.4 Å². The van der Waals surface area contributed by atoms with E-state index in [1.165, 1.54) is 7.11 Å². The van der Waals surface area contributed by atoms with Crippen molar-refractivity contribution in [2.45, 2.75) is 19.8 Å². The molecule has 0 atom stereocenters. The van der Waals surface area contributed by atoms with Crippen LogP contribution in [-0.4, -0.2) is 34.1 Å². The largest absolute Gasteiger partial charge is 0.481 e. The fraction of sp³-hybridized carbons (Fsp3) is 0.182. The van der Waals surface area contributed by atoms with Crippen molar-refractivity contribution in [3.8, 4) is 0 Å². The zero-order valence-corrected chi connectivity index (χ0v) is 15.8. The third-order valence-electron chi connectivity index (χ3n) is 4.59. The number of carboxylic acids is 1. The number of H-pyrrole nitrogens is 2. The molecule has 0 unspecified atom stereocenters. The predicted molar refractivity (Wildman–Crippen MR) is 108 cm³/mol. The van der Waals surface area contributed by atoms with Crippen molar-refractivity contribution in [1.29, 1.82) is 0 Å². The minimum Gasteiger partial charge on any atom is -0.481 e. The Bertz CT molecular complexity index is 1120. The van der Waals surface area contributed by atoms with E-state index in [2.05, 4.69) is 14.7 Å². The van der Waals surface area contributed by atoms with Gasteiger partial charge in [-0.05, 0) is 30.2 Å². The maximum Gasteiger partial charge on any atom is 0.310 e. The minimum atomic E-state index is -0.794. The number of ether oxygens (including phenoxy) is 1. The van der Waals surface area contributed by atoms with Crippen LogP contribution in [0.3, 0.4) is 0 Å². The summed E-state index contributed by atoms with van der Waals surface area (Å²) in [6, 6.07) is 15.6. The highest BCUT2D eigenvalue weighted by atomic mass is 16.5. The van der Waals surface area contributed by atoms with Crippen LogP contribution in [0.15, 0.2) is 54.7 Å². The summed E-state index contributed by atoms with van der Waals surface area (Å²) in [6.45, 7) is 1.90. The van der Waals surface area contributed by atoms with Crippen molar-refractivity contribution >= 4 is 33.7 Å². The maximum absolute atomic E-state index is 11.1. The molecule has 6 heteroatoms. The summed E-state index contributed by atoms with van der Waals surface area (Å²) >= 11 is 0. The smallest absolute Gasteiger partial charge is 0.310 e. The zero-order chi connectivity index (χ0) is 20.1. The van der Waals surface area contributed by atoms with Crippen LogP contribution in [0.2, 0.25) is 0 Å². The molecule has 6 nitrogen and oxygen atoms in total. The molecule has 2 heterocycles. The molecule has 0 aliphatic heterocycles. The minimum absolute atomic E-state index is 0.0792. The van der Waals surface area contributed by atoms with Gasteiger partial charge in [0.05, 0.1) is 20.0 Å². The van der Waals surface area contributed by atoms with Gasteiger partial charge in [0.15, 0.2) is 0 Å². The highest BCUT2D eigenvalue weighted by Gasteiger charge is 2.10. The van der Waals surface area contributed by atoms with Crippen LogP contribution in [-0.2, 0) is 27.2 Å². The molecule has 0 saturated carbocycles. The van der Waals surface area contributed by atoms with Gasteiger partial charge in [-0.2, -0.15) is 0 Å². The SMILES string of the molecule is COC(=O)Cc1c[nH]c2ccccc12.Cc1[nH]c2ccccc2c1CC(=O)O. The van der Waals surface area contributed by atoms with Crippen molar-refractivity contribution in [2.24, 2.45) is 0 Å². The predicted octanol–water partition coefficient (Wildman–Crippen LogP) is 3.99. The van der Waals surface area contributed by atoms with Gasteiger partial charge in [0.1, 0.15) is 0 Å². The molecule has 0 aliphatic rings. The summed E-state index contributed by atoms with van der Waals surface area (Å²) in [4.78, 5) is 28.0. The van der Waals surface area contributed by atoms with E-state index in [1.807, 2.05) is 61.7 Å². The average Bonchev–Trinajstić information content (AvgIpc) is 3.23. The number of aliphatic carboxylic acids is 1. The van der Waals surface area contributed by atoms with Gasteiger partial charge in [-0.15, -0.1) is 0 Å². The van der Waals surface area contributed by atoms with E-state index in [0.29, 0.717) is 6.42 Å². The maximum atomic E-state index is 11.1. The van der Waals surface area contributed by atoms with Gasteiger partial charge in [0, 0.05) is 33.7 Å². The van der Waals surface area contributed by atoms with Gasteiger partial charge in [-0.3, -0.25) is 9.59 Å². The molecule has 0 fully saturated rings. The lowest BCUT2D eigenvalue weighted by Gasteiger charge is -1.97. The second kappa shape index (κ2) is 8.43. The van der Waals surface area contributed by atoms with Crippen LogP contribution in [0.5, 0.6) is 0 Å². The molecule has 28 heavy (non-hydrogen) atoms. The fourth-order valence-electron chi connectivity index (χ4n) is 3.22. The molecule has 0 bridgehead atoms. The number of aromatic amines is 2. The number of methoxy groups -OCH3 is 1. The van der Waals surface area contributed by atoms with Crippen LogP contribution >= 0.6 is 0 Å². The van der Waals surface area contributed by atoms with Gasteiger partial charge in [-0.25, -0.2) is 0 Å². The molecular formula is C22H22N2O4. The Labute approximate surface area is 162 Å². The normalized spacial score (nSPS) is 10.5. The van der Waals surface area contributed by atoms with E-state index >= 15 is 0 Å². The number of rotatable bonds is 4. The summed E-state index contributed by atoms with van der Waals surface area (Å²) < 4.78 is 4.62. The first-order chi connectivity index (χ1) is 13.5. The van der Waals surface area contributed by atoms with E-state index < -0.39 is 5.97 Å². The molecule has 2 aromatic heterocycles. The van der Waals surface area contributed by atoms with Gasteiger partial charge in [-0.1, -0.05) is 36.4 Å². The Hall–Kier alpha value is -3.54. The Morgan fingerprint density at radius 1 is 0.964 bits per heavy atom. The van der Waals surface area contributed by atoms with Crippen molar-refractivity contribution in [2.75, 3.05) is 7.11 Å². The van der Waals surface area contributed by atoms with E-state index in [4.69, 9.17) is 5.11 Å². The van der Waals surface area contributed by atoms with Gasteiger partial charge in [0.2, 0.25) is 0 Å². The van der Waals surface area contributed by atoms with Crippen LogP contribution in [0, 0.1) is 6.92 Å². The lowest BCUT2D eigenvalue weighted by atomic mass is 10.1. The molecule has 0 radical (unpaired) electrons. The second-order valence-corrected chi connectivity index (χ2v) is 6.46. The molecule has 0 amide bonds. The van der Waals surface area contributed by atoms with Gasteiger partial charge in [0.25, 0.3) is 0 Å². The Morgan fingerprint density at radius 2 is 1.61 bits per heavy atom. The first-order valence-corrected chi connectivity index (χ1v) is 8.89. The number of aryl methyl sites for hydroxylation is 1. The Morgan fingerprint density at radius 3 is 2.29 bits per heavy atom. The summed E-state index contributed by atoms with van der Waals surface area (Å²) in [7, 11) is 1.40. The molecule has 0 spiro atoms. The molecule has 2 aromatic carbocycles. The molecule has 0 aliphatic carbocycles. The topological polar surface area (TPSA) is 95.2 Å². The number of carbonyl (C=O) groups excluding carboxylic acids is 1. The molecule has 4 aromatic rings. The quantitative estimate of drug-likeness (QED) is 0.468. The number of hydrogen-bond acceptors (Lipinski definition) is 3. The number of hydrogen-bond donors (Lipinski definition) is 3. The van der Waals surface area contributed by atoms with Crippen LogP contribution in [0.1, 0.15) is 16.8 Å². The van der Waals surface area contributed by atoms with E-state index in [0.717, 1.165) is 38.6 Å². The number of benzene rings is 2. The summed E-state index contributed by atoms with van der Waals surface area (Å²) in [5.41, 5.74) is 4.85. The Kier molecular flexibility index (Phi) is 5.79. The van der Waals surface area contributed by atoms with Crippen LogP contribution in [0.25, 0.3) is 21.8 Å². The second-order valence-electron chi connectivity index (χ2n) is 6.46. The van der Waals surface area contributed by atoms with Crippen molar-refractivity contribution in [1.82, 2.24) is 9.97 Å². The van der Waals surface area contributed by atoms with Crippen LogP contribution in [0.4, 0.5) is 0 Å². The average molecular weight is 378 g/mol. The van der Waals surface area contributed by atoms with E-state index in [-0.39, 0.29) is 12.4 Å². The van der Waals surface area contributed by atoms with Gasteiger partial charge < -0.3 is 19.8 Å². The molecule has 0 saturated heterocycles. The van der Waals surface area contributed by atoms with E-state index in [9.17, 15) is 9.59 Å². The Balaban J connectivity index is 0.000000161. The highest BCUT2D eigenvalue weighted by molar-refractivity contribution is 5.88. The molecule has 4 rings (SSSR count). The summed E-state index contributed by atoms with van der Waals surface area (Å²) in [6.07, 6.45) is 2.25. The number of carboxylic acid groups (broad SMARTS) is 1. The number of esters is 1. The lowest BCUT2D eigenvalue weighted by molar-refractivity contribution is -0.140. The number of nitrogens with one attached hydrogen (secondary N) is 2. The first kappa shape index (κ1) is 19.2. The summed E-state index contributed by atoms with van der Waals surface area (Å²) in [5.74, 6) is -1.01. The number of fused-ring (bicyclic) bond motifs is 2. The van der Waals surface area contributed by atoms with E-state index in [1.54, 1.807) is 0 Å².